The summed E-state index contributed by atoms with van der Waals surface area (Å²) in [5, 5.41) is 9.08. The molecule has 0 amide bonds. The van der Waals surface area contributed by atoms with Gasteiger partial charge in [0.2, 0.25) is 0 Å². The van der Waals surface area contributed by atoms with Crippen LogP contribution in [0.5, 0.6) is 5.75 Å². The van der Waals surface area contributed by atoms with Gasteiger partial charge < -0.3 is 9.64 Å². The number of rotatable bonds is 6. The highest BCUT2D eigenvalue weighted by molar-refractivity contribution is 5.91. The number of hydrogen-bond acceptors (Lipinski definition) is 4. The molecule has 6 heteroatoms. The molecule has 23 heavy (non-hydrogen) atoms. The van der Waals surface area contributed by atoms with E-state index in [9.17, 15) is 4.39 Å². The number of amidine groups is 1. The molecule has 0 aromatic heterocycles. The Kier molecular flexibility index (Phi) is 5.69. The van der Waals surface area contributed by atoms with Crippen molar-refractivity contribution in [2.24, 2.45) is 9.98 Å². The zero-order chi connectivity index (χ0) is 16.8. The molecule has 5 nitrogen and oxygen atoms in total. The summed E-state index contributed by atoms with van der Waals surface area (Å²) < 4.78 is 19.5. The average Bonchev–Trinajstić information content (AvgIpc) is 2.95. The molecule has 0 fully saturated rings. The summed E-state index contributed by atoms with van der Waals surface area (Å²) in [6.07, 6.45) is 2.24. The van der Waals surface area contributed by atoms with Gasteiger partial charge in [-0.3, -0.25) is 9.98 Å². The van der Waals surface area contributed by atoms with Crippen LogP contribution < -0.4 is 4.74 Å². The lowest BCUT2D eigenvalue weighted by molar-refractivity contribution is 0.172. The predicted molar refractivity (Wildman–Crippen MR) is 88.5 cm³/mol. The molecule has 1 unspecified atom stereocenters. The molecule has 0 spiro atoms. The van der Waals surface area contributed by atoms with Gasteiger partial charge in [0.05, 0.1) is 18.9 Å². The molecule has 1 aromatic carbocycles. The minimum atomic E-state index is -0.570. The van der Waals surface area contributed by atoms with Crippen molar-refractivity contribution in [3.8, 4) is 11.8 Å². The van der Waals surface area contributed by atoms with Crippen LogP contribution >= 0.6 is 0 Å². The number of halogens is 1. The first kappa shape index (κ1) is 16.9. The topological polar surface area (TPSA) is 61.0 Å². The van der Waals surface area contributed by atoms with Crippen LogP contribution in [-0.4, -0.2) is 42.3 Å². The molecule has 0 aliphatic carbocycles. The number of nitriles is 1. The van der Waals surface area contributed by atoms with Gasteiger partial charge in [0.25, 0.3) is 0 Å². The Morgan fingerprint density at radius 1 is 1.57 bits per heavy atom. The van der Waals surface area contributed by atoms with Crippen LogP contribution in [0.15, 0.2) is 28.2 Å². The summed E-state index contributed by atoms with van der Waals surface area (Å²) in [6.45, 7) is 7.49. The highest BCUT2D eigenvalue weighted by Crippen LogP contribution is 2.23. The van der Waals surface area contributed by atoms with Crippen molar-refractivity contribution in [3.63, 3.8) is 0 Å². The quantitative estimate of drug-likeness (QED) is 0.599. The van der Waals surface area contributed by atoms with Crippen LogP contribution in [0.1, 0.15) is 32.8 Å². The number of benzene rings is 1. The van der Waals surface area contributed by atoms with Gasteiger partial charge >= 0.3 is 0 Å². The minimum Gasteiger partial charge on any atom is -0.487 e. The highest BCUT2D eigenvalue weighted by atomic mass is 19.1. The summed E-state index contributed by atoms with van der Waals surface area (Å²) in [7, 11) is 0. The molecule has 1 heterocycles. The van der Waals surface area contributed by atoms with Crippen LogP contribution in [0, 0.1) is 17.1 Å². The summed E-state index contributed by atoms with van der Waals surface area (Å²) in [5.41, 5.74) is -0.0651. The number of nitrogens with zero attached hydrogens (tertiary/aromatic N) is 4. The Labute approximate surface area is 136 Å². The molecule has 0 N–H and O–H groups in total. The van der Waals surface area contributed by atoms with E-state index in [1.165, 1.54) is 12.1 Å². The molecule has 0 saturated carbocycles. The monoisotopic (exact) mass is 316 g/mol. The van der Waals surface area contributed by atoms with Crippen molar-refractivity contribution >= 4 is 12.2 Å². The molecule has 2 atom stereocenters. The van der Waals surface area contributed by atoms with Crippen LogP contribution in [0.3, 0.4) is 0 Å². The third kappa shape index (κ3) is 4.07. The Morgan fingerprint density at radius 2 is 2.35 bits per heavy atom. The Bertz CT molecular complexity index is 650. The van der Waals surface area contributed by atoms with Crippen molar-refractivity contribution < 1.29 is 9.13 Å². The number of hydrogen-bond donors (Lipinski definition) is 0. The lowest BCUT2D eigenvalue weighted by Crippen LogP contribution is -2.30. The second-order valence-electron chi connectivity index (χ2n) is 5.42. The van der Waals surface area contributed by atoms with Crippen molar-refractivity contribution in [3.05, 3.63) is 29.6 Å². The third-order valence-corrected chi connectivity index (χ3v) is 3.84. The Balaban J connectivity index is 2.08. The van der Waals surface area contributed by atoms with Crippen LogP contribution in [0.4, 0.5) is 4.39 Å². The second kappa shape index (κ2) is 7.73. The molecule has 1 aliphatic rings. The van der Waals surface area contributed by atoms with Gasteiger partial charge in [0.1, 0.15) is 35.1 Å². The molecule has 1 aromatic rings. The lowest BCUT2D eigenvalue weighted by Gasteiger charge is -2.22. The zero-order valence-electron chi connectivity index (χ0n) is 13.7. The highest BCUT2D eigenvalue weighted by Gasteiger charge is 2.20. The van der Waals surface area contributed by atoms with E-state index < -0.39 is 5.82 Å². The van der Waals surface area contributed by atoms with E-state index in [4.69, 9.17) is 10.00 Å². The van der Waals surface area contributed by atoms with Gasteiger partial charge in [0, 0.05) is 6.54 Å². The van der Waals surface area contributed by atoms with Crippen molar-refractivity contribution in [2.75, 3.05) is 13.1 Å². The molecular formula is C17H21FN4O. The number of ether oxygens (including phenoxy) is 1. The molecular weight excluding hydrogens is 295 g/mol. The van der Waals surface area contributed by atoms with E-state index in [1.807, 2.05) is 31.7 Å². The van der Waals surface area contributed by atoms with Crippen molar-refractivity contribution in [2.45, 2.75) is 39.3 Å². The largest absolute Gasteiger partial charge is 0.487 e. The molecule has 0 bridgehead atoms. The van der Waals surface area contributed by atoms with Crippen molar-refractivity contribution in [1.29, 1.82) is 5.26 Å². The van der Waals surface area contributed by atoms with E-state index in [1.54, 1.807) is 12.4 Å². The third-order valence-electron chi connectivity index (χ3n) is 3.84. The average molecular weight is 316 g/mol. The summed E-state index contributed by atoms with van der Waals surface area (Å²) in [6, 6.07) is 6.13. The zero-order valence-corrected chi connectivity index (χ0v) is 13.7. The fourth-order valence-corrected chi connectivity index (χ4v) is 2.39. The first-order valence-corrected chi connectivity index (χ1v) is 7.73. The van der Waals surface area contributed by atoms with Crippen molar-refractivity contribution in [1.82, 2.24) is 4.90 Å². The van der Waals surface area contributed by atoms with Crippen LogP contribution in [0.2, 0.25) is 0 Å². The lowest BCUT2D eigenvalue weighted by atomic mass is 10.1. The van der Waals surface area contributed by atoms with Gasteiger partial charge in [-0.1, -0.05) is 13.0 Å². The number of aliphatic imine (C=N–C) groups is 2. The maximum Gasteiger partial charge on any atom is 0.144 e. The fourth-order valence-electron chi connectivity index (χ4n) is 2.39. The maximum absolute atomic E-state index is 13.6. The minimum absolute atomic E-state index is 0.0651. The van der Waals surface area contributed by atoms with E-state index >= 15 is 0 Å². The molecule has 0 radical (unpaired) electrons. The molecule has 122 valence electrons. The standard InChI is InChI=1S/C17H21FN4O/c1-4-16(12(2)21-11-22-9-8-20-13(22)3)23-17-7-5-6-15(18)14(17)10-19/h5-7,11-12,16H,4,8-9H2,1-3H3/b21-11-/t12-,16?/m1/s1. The molecule has 1 aliphatic heterocycles. The van der Waals surface area contributed by atoms with E-state index in [0.717, 1.165) is 18.9 Å². The Hall–Kier alpha value is -2.42. The van der Waals surface area contributed by atoms with Crippen LogP contribution in [0.25, 0.3) is 0 Å². The van der Waals surface area contributed by atoms with Gasteiger partial charge in [-0.2, -0.15) is 5.26 Å². The molecule has 0 saturated heterocycles. The maximum atomic E-state index is 13.6. The normalized spacial score (nSPS) is 17.0. The smallest absolute Gasteiger partial charge is 0.144 e. The molecule has 2 rings (SSSR count). The first-order chi connectivity index (χ1) is 11.1. The van der Waals surface area contributed by atoms with Gasteiger partial charge in [-0.15, -0.1) is 0 Å². The summed E-state index contributed by atoms with van der Waals surface area (Å²) in [4.78, 5) is 10.8. The summed E-state index contributed by atoms with van der Waals surface area (Å²) in [5.74, 6) is 0.645. The second-order valence-corrected chi connectivity index (χ2v) is 5.42. The van der Waals surface area contributed by atoms with Crippen LogP contribution in [-0.2, 0) is 0 Å². The Morgan fingerprint density at radius 3 is 2.96 bits per heavy atom. The van der Waals surface area contributed by atoms with E-state index in [2.05, 4.69) is 9.98 Å². The fraction of sp³-hybridized carbons (Fsp3) is 0.471. The SMILES string of the molecule is CCC(Oc1cccc(F)c1C#N)[C@@H](C)/N=C\N1CCN=C1C. The summed E-state index contributed by atoms with van der Waals surface area (Å²) >= 11 is 0. The predicted octanol–water partition coefficient (Wildman–Crippen LogP) is 3.01. The van der Waals surface area contributed by atoms with Gasteiger partial charge in [-0.05, 0) is 32.4 Å². The van der Waals surface area contributed by atoms with Gasteiger partial charge in [0.15, 0.2) is 0 Å². The first-order valence-electron chi connectivity index (χ1n) is 7.73. The van der Waals surface area contributed by atoms with E-state index in [0.29, 0.717) is 6.42 Å². The van der Waals surface area contributed by atoms with Gasteiger partial charge in [-0.25, -0.2) is 4.39 Å². The van der Waals surface area contributed by atoms with E-state index in [-0.39, 0.29) is 23.5 Å².